The Bertz CT molecular complexity index is 465. The van der Waals surface area contributed by atoms with Gasteiger partial charge < -0.3 is 10.4 Å². The van der Waals surface area contributed by atoms with Gasteiger partial charge in [-0.1, -0.05) is 13.3 Å². The van der Waals surface area contributed by atoms with Crippen LogP contribution in [-0.4, -0.2) is 22.7 Å². The van der Waals surface area contributed by atoms with E-state index in [0.29, 0.717) is 17.9 Å². The van der Waals surface area contributed by atoms with Gasteiger partial charge in [-0.05, 0) is 37.3 Å². The fraction of sp³-hybridized carbons (Fsp3) is 0.571. The Morgan fingerprint density at radius 2 is 2.39 bits per heavy atom. The molecule has 1 aromatic heterocycles. The van der Waals surface area contributed by atoms with Crippen LogP contribution < -0.4 is 5.32 Å². The number of hydrogen-bond donors (Lipinski definition) is 2. The lowest BCUT2D eigenvalue weighted by Crippen LogP contribution is -2.20. The van der Waals surface area contributed by atoms with Gasteiger partial charge >= 0.3 is 0 Å². The Kier molecular flexibility index (Phi) is 4.16. The summed E-state index contributed by atoms with van der Waals surface area (Å²) >= 11 is 0. The molecule has 1 atom stereocenters. The van der Waals surface area contributed by atoms with Gasteiger partial charge in [0.25, 0.3) is 0 Å². The average Bonchev–Trinajstić information content (AvgIpc) is 2.82. The van der Waals surface area contributed by atoms with Crippen molar-refractivity contribution in [3.63, 3.8) is 0 Å². The van der Waals surface area contributed by atoms with Crippen LogP contribution in [0.15, 0.2) is 6.07 Å². The zero-order valence-electron chi connectivity index (χ0n) is 10.7. The number of aryl methyl sites for hydroxylation is 2. The Labute approximate surface area is 108 Å². The highest BCUT2D eigenvalue weighted by molar-refractivity contribution is 5.55. The number of nitrogens with one attached hydrogen (secondary N) is 1. The monoisotopic (exact) mass is 245 g/mol. The molecule has 0 saturated carbocycles. The summed E-state index contributed by atoms with van der Waals surface area (Å²) in [5, 5.41) is 21.9. The van der Waals surface area contributed by atoms with Crippen LogP contribution in [0, 0.1) is 11.3 Å². The van der Waals surface area contributed by atoms with Gasteiger partial charge in [0.2, 0.25) is 0 Å². The van der Waals surface area contributed by atoms with E-state index >= 15 is 0 Å². The predicted molar refractivity (Wildman–Crippen MR) is 70.4 cm³/mol. The summed E-state index contributed by atoms with van der Waals surface area (Å²) < 4.78 is 0. The molecule has 1 aliphatic rings. The zero-order chi connectivity index (χ0) is 13.0. The van der Waals surface area contributed by atoms with Gasteiger partial charge in [-0.15, -0.1) is 0 Å². The third-order valence-corrected chi connectivity index (χ3v) is 3.30. The van der Waals surface area contributed by atoms with Crippen LogP contribution in [0.2, 0.25) is 0 Å². The van der Waals surface area contributed by atoms with Gasteiger partial charge in [0.15, 0.2) is 0 Å². The van der Waals surface area contributed by atoms with Gasteiger partial charge in [0.1, 0.15) is 11.9 Å². The van der Waals surface area contributed by atoms with Crippen LogP contribution >= 0.6 is 0 Å². The number of hydrogen-bond acceptors (Lipinski definition) is 4. The highest BCUT2D eigenvalue weighted by atomic mass is 16.3. The standard InChI is InChI=1S/C14H19N3O/c1-2-4-12(18)9-16-14-11(8-15)7-10-5-3-6-13(10)17-14/h7,12,18H,2-6,9H2,1H3,(H,16,17). The lowest BCUT2D eigenvalue weighted by atomic mass is 10.1. The number of nitrogens with zero attached hydrogens (tertiary/aromatic N) is 2. The largest absolute Gasteiger partial charge is 0.391 e. The van der Waals surface area contributed by atoms with Crippen molar-refractivity contribution in [2.24, 2.45) is 0 Å². The molecule has 0 saturated heterocycles. The first-order valence-corrected chi connectivity index (χ1v) is 6.59. The van der Waals surface area contributed by atoms with E-state index in [4.69, 9.17) is 5.26 Å². The molecule has 2 N–H and O–H groups in total. The van der Waals surface area contributed by atoms with Crippen molar-refractivity contribution < 1.29 is 5.11 Å². The van der Waals surface area contributed by atoms with E-state index in [0.717, 1.165) is 37.8 Å². The number of anilines is 1. The van der Waals surface area contributed by atoms with Crippen molar-refractivity contribution in [3.8, 4) is 6.07 Å². The summed E-state index contributed by atoms with van der Waals surface area (Å²) in [4.78, 5) is 4.51. The van der Waals surface area contributed by atoms with Crippen molar-refractivity contribution in [3.05, 3.63) is 22.9 Å². The summed E-state index contributed by atoms with van der Waals surface area (Å²) in [5.74, 6) is 0.619. The second kappa shape index (κ2) is 5.83. The second-order valence-corrected chi connectivity index (χ2v) is 4.78. The lowest BCUT2D eigenvalue weighted by molar-refractivity contribution is 0.176. The predicted octanol–water partition coefficient (Wildman–Crippen LogP) is 2.01. The Balaban J connectivity index is 2.10. The molecule has 1 heterocycles. The Morgan fingerprint density at radius 3 is 3.11 bits per heavy atom. The van der Waals surface area contributed by atoms with Gasteiger partial charge in [-0.3, -0.25) is 0 Å². The number of rotatable bonds is 5. The first kappa shape index (κ1) is 12.8. The van der Waals surface area contributed by atoms with Crippen molar-refractivity contribution in [2.75, 3.05) is 11.9 Å². The van der Waals surface area contributed by atoms with Crippen LogP contribution in [0.5, 0.6) is 0 Å². The molecule has 0 radical (unpaired) electrons. The van der Waals surface area contributed by atoms with Crippen LogP contribution in [0.1, 0.15) is 43.0 Å². The molecule has 1 aromatic rings. The molecule has 0 fully saturated rings. The summed E-state index contributed by atoms with van der Waals surface area (Å²) in [6, 6.07) is 4.11. The van der Waals surface area contributed by atoms with Crippen LogP contribution in [0.3, 0.4) is 0 Å². The second-order valence-electron chi connectivity index (χ2n) is 4.78. The number of aromatic nitrogens is 1. The molecule has 0 aliphatic heterocycles. The van der Waals surface area contributed by atoms with Crippen molar-refractivity contribution in [1.29, 1.82) is 5.26 Å². The van der Waals surface area contributed by atoms with Crippen molar-refractivity contribution >= 4 is 5.82 Å². The smallest absolute Gasteiger partial charge is 0.144 e. The van der Waals surface area contributed by atoms with E-state index in [2.05, 4.69) is 16.4 Å². The van der Waals surface area contributed by atoms with Crippen molar-refractivity contribution in [2.45, 2.75) is 45.1 Å². The summed E-state index contributed by atoms with van der Waals surface area (Å²) in [6.45, 7) is 2.49. The molecular formula is C14H19N3O. The molecule has 0 aromatic carbocycles. The van der Waals surface area contributed by atoms with Crippen LogP contribution in [0.25, 0.3) is 0 Å². The maximum absolute atomic E-state index is 9.69. The molecule has 96 valence electrons. The fourth-order valence-electron chi connectivity index (χ4n) is 2.34. The van der Waals surface area contributed by atoms with Crippen molar-refractivity contribution in [1.82, 2.24) is 4.98 Å². The van der Waals surface area contributed by atoms with Gasteiger partial charge in [0, 0.05) is 12.2 Å². The molecule has 1 aliphatic carbocycles. The number of nitriles is 1. The minimum Gasteiger partial charge on any atom is -0.391 e. The topological polar surface area (TPSA) is 68.9 Å². The molecule has 0 amide bonds. The van der Waals surface area contributed by atoms with E-state index in [9.17, 15) is 5.11 Å². The Morgan fingerprint density at radius 1 is 1.56 bits per heavy atom. The van der Waals surface area contributed by atoms with E-state index in [1.165, 1.54) is 5.56 Å². The average molecular weight is 245 g/mol. The number of aliphatic hydroxyl groups excluding tert-OH is 1. The van der Waals surface area contributed by atoms with Crippen LogP contribution in [0.4, 0.5) is 5.82 Å². The maximum Gasteiger partial charge on any atom is 0.144 e. The van der Waals surface area contributed by atoms with Gasteiger partial charge in [-0.2, -0.15) is 5.26 Å². The summed E-state index contributed by atoms with van der Waals surface area (Å²) in [7, 11) is 0. The lowest BCUT2D eigenvalue weighted by Gasteiger charge is -2.13. The molecule has 0 bridgehead atoms. The number of pyridine rings is 1. The van der Waals surface area contributed by atoms with Gasteiger partial charge in [-0.25, -0.2) is 4.98 Å². The molecule has 18 heavy (non-hydrogen) atoms. The normalized spacial score (nSPS) is 14.9. The van der Waals surface area contributed by atoms with Gasteiger partial charge in [0.05, 0.1) is 11.7 Å². The van der Waals surface area contributed by atoms with Crippen LogP contribution in [-0.2, 0) is 12.8 Å². The quantitative estimate of drug-likeness (QED) is 0.832. The van der Waals surface area contributed by atoms with E-state index < -0.39 is 0 Å². The fourth-order valence-corrected chi connectivity index (χ4v) is 2.34. The molecule has 2 rings (SSSR count). The summed E-state index contributed by atoms with van der Waals surface area (Å²) in [5.41, 5.74) is 2.88. The third kappa shape index (κ3) is 2.80. The third-order valence-electron chi connectivity index (χ3n) is 3.30. The summed E-state index contributed by atoms with van der Waals surface area (Å²) in [6.07, 6.45) is 4.47. The van der Waals surface area contributed by atoms with E-state index in [1.54, 1.807) is 0 Å². The number of fused-ring (bicyclic) bond motifs is 1. The molecule has 1 unspecified atom stereocenters. The number of aliphatic hydroxyl groups is 1. The molecule has 0 spiro atoms. The zero-order valence-corrected chi connectivity index (χ0v) is 10.7. The first-order valence-electron chi connectivity index (χ1n) is 6.59. The minimum atomic E-state index is -0.378. The minimum absolute atomic E-state index is 0.378. The van der Waals surface area contributed by atoms with E-state index in [1.807, 2.05) is 13.0 Å². The molecule has 4 nitrogen and oxygen atoms in total. The molecular weight excluding hydrogens is 226 g/mol. The Hall–Kier alpha value is -1.60. The molecule has 4 heteroatoms. The highest BCUT2D eigenvalue weighted by Gasteiger charge is 2.16. The first-order chi connectivity index (χ1) is 8.74. The SMILES string of the molecule is CCCC(O)CNc1nc2c(cc1C#N)CCC2. The maximum atomic E-state index is 9.69. The van der Waals surface area contributed by atoms with E-state index in [-0.39, 0.29) is 6.10 Å². The highest BCUT2D eigenvalue weighted by Crippen LogP contribution is 2.24.